The summed E-state index contributed by atoms with van der Waals surface area (Å²) < 4.78 is 15.7. The zero-order valence-corrected chi connectivity index (χ0v) is 48.9. The van der Waals surface area contributed by atoms with Gasteiger partial charge in [-0.3, -0.25) is 24.1 Å². The van der Waals surface area contributed by atoms with E-state index in [2.05, 4.69) is 79.6 Å². The number of likely N-dealkylation sites (N-methyl/N-ethyl adjacent to an activating group) is 4. The SMILES string of the molecule is Cc1cccc2c(N3CCN(C)CC3)ccc(C(=O)N(C=O)CCN(C)CCCNCCN(C)C(=O)c3ccc(N4CCN(C)CC4)c4cccc(C=O)c34)c12.O=CCOCCOCCNC(=O)OCC1c2ccccc2-c2ccccc21. The number of nitrogens with zero attached hydrogens (tertiary/aromatic N) is 7. The molecule has 9 rings (SSSR count). The molecular formula is C65H81N9O9. The van der Waals surface area contributed by atoms with Crippen molar-refractivity contribution in [2.24, 2.45) is 0 Å². The lowest BCUT2D eigenvalue weighted by molar-refractivity contribution is -0.116. The molecule has 6 aromatic rings. The van der Waals surface area contributed by atoms with Crippen molar-refractivity contribution in [2.45, 2.75) is 19.3 Å². The summed E-state index contributed by atoms with van der Waals surface area (Å²) in [4.78, 5) is 88.4. The van der Waals surface area contributed by atoms with Gasteiger partial charge in [0.2, 0.25) is 6.41 Å². The van der Waals surface area contributed by atoms with Crippen LogP contribution in [0.15, 0.2) is 109 Å². The number of rotatable bonds is 26. The predicted octanol–water partition coefficient (Wildman–Crippen LogP) is 6.66. The van der Waals surface area contributed by atoms with Crippen molar-refractivity contribution in [3.8, 4) is 11.1 Å². The molecule has 0 aromatic heterocycles. The molecule has 0 bridgehead atoms. The zero-order valence-electron chi connectivity index (χ0n) is 48.9. The van der Waals surface area contributed by atoms with Crippen LogP contribution in [0.5, 0.6) is 0 Å². The van der Waals surface area contributed by atoms with Crippen LogP contribution in [0.1, 0.15) is 60.1 Å². The average Bonchev–Trinajstić information content (AvgIpc) is 3.56. The maximum absolute atomic E-state index is 13.8. The topological polar surface area (TPSA) is 177 Å². The molecular weight excluding hydrogens is 1050 g/mol. The normalized spacial score (nSPS) is 14.4. The third kappa shape index (κ3) is 15.8. The first-order valence-electron chi connectivity index (χ1n) is 28.9. The Morgan fingerprint density at radius 2 is 1.19 bits per heavy atom. The molecule has 18 nitrogen and oxygen atoms in total. The van der Waals surface area contributed by atoms with Crippen LogP contribution in [-0.2, 0) is 23.8 Å². The second-order valence-corrected chi connectivity index (χ2v) is 21.6. The fraction of sp³-hybridized carbons (Fsp3) is 0.415. The number of aldehydes is 2. The number of hydrogen-bond donors (Lipinski definition) is 2. The van der Waals surface area contributed by atoms with E-state index in [4.69, 9.17) is 14.2 Å². The first-order chi connectivity index (χ1) is 40.4. The third-order valence-corrected chi connectivity index (χ3v) is 15.9. The number of nitrogens with one attached hydrogen (secondary N) is 2. The molecule has 1 aliphatic carbocycles. The van der Waals surface area contributed by atoms with E-state index >= 15 is 0 Å². The molecule has 83 heavy (non-hydrogen) atoms. The standard InChI is InChI=1S/C44H58N8O4.C21H23NO5/c1-33-9-6-11-35-39(50-26-21-47(3)22-27-50)15-13-37(41(33)35)44(56)52(32-54)30-25-46(2)19-8-17-45-18-20-49(5)43(55)38-14-16-40(51-28-23-48(4)24-29-51)36-12-7-10-34(31-53)42(36)38;23-10-12-26-14-13-25-11-9-22-21(24)27-15-20-18-7-3-1-5-16(18)17-6-2-4-8-19(17)20/h6-7,9-16,31-32,45H,8,17-30H2,1-5H3;1-8,10,20H,9,11-15H2,(H,22,24). The lowest BCUT2D eigenvalue weighted by Crippen LogP contribution is -2.44. The molecule has 3 aliphatic rings. The van der Waals surface area contributed by atoms with Gasteiger partial charge in [0.05, 0.1) is 19.8 Å². The highest BCUT2D eigenvalue weighted by molar-refractivity contribution is 6.16. The van der Waals surface area contributed by atoms with Gasteiger partial charge >= 0.3 is 6.09 Å². The summed E-state index contributed by atoms with van der Waals surface area (Å²) in [7, 11) is 8.06. The summed E-state index contributed by atoms with van der Waals surface area (Å²) >= 11 is 0. The largest absolute Gasteiger partial charge is 0.449 e. The van der Waals surface area contributed by atoms with Crippen LogP contribution in [-0.4, -0.2) is 221 Å². The monoisotopic (exact) mass is 1130 g/mol. The number of alkyl carbamates (subject to hydrolysis) is 1. The summed E-state index contributed by atoms with van der Waals surface area (Å²) in [5.74, 6) is -0.340. The van der Waals surface area contributed by atoms with Crippen LogP contribution in [0.4, 0.5) is 16.2 Å². The van der Waals surface area contributed by atoms with E-state index in [0.717, 1.165) is 111 Å². The minimum absolute atomic E-state index is 0.0503. The van der Waals surface area contributed by atoms with Gasteiger partial charge in [-0.25, -0.2) is 4.79 Å². The second kappa shape index (κ2) is 30.6. The molecule has 2 heterocycles. The smallest absolute Gasteiger partial charge is 0.407 e. The summed E-state index contributed by atoms with van der Waals surface area (Å²) in [6.07, 6.45) is 2.59. The van der Waals surface area contributed by atoms with Crippen molar-refractivity contribution in [3.63, 3.8) is 0 Å². The molecule has 0 saturated carbocycles. The maximum atomic E-state index is 13.8. The van der Waals surface area contributed by atoms with Crippen molar-refractivity contribution < 1.29 is 43.0 Å². The number of carbonyl (C=O) groups is 6. The predicted molar refractivity (Wildman–Crippen MR) is 327 cm³/mol. The van der Waals surface area contributed by atoms with E-state index in [1.165, 1.54) is 27.2 Å². The molecule has 2 saturated heterocycles. The Morgan fingerprint density at radius 3 is 1.81 bits per heavy atom. The van der Waals surface area contributed by atoms with Gasteiger partial charge in [-0.1, -0.05) is 84.9 Å². The van der Waals surface area contributed by atoms with E-state index in [-0.39, 0.29) is 24.3 Å². The highest BCUT2D eigenvalue weighted by Crippen LogP contribution is 2.44. The van der Waals surface area contributed by atoms with E-state index < -0.39 is 6.09 Å². The number of fused-ring (bicyclic) bond motifs is 5. The highest BCUT2D eigenvalue weighted by atomic mass is 16.6. The summed E-state index contributed by atoms with van der Waals surface area (Å²) in [6.45, 7) is 14.9. The maximum Gasteiger partial charge on any atom is 0.407 e. The van der Waals surface area contributed by atoms with E-state index in [1.54, 1.807) is 18.0 Å². The van der Waals surface area contributed by atoms with Crippen LogP contribution in [0.2, 0.25) is 0 Å². The number of hydrogen-bond acceptors (Lipinski definition) is 15. The van der Waals surface area contributed by atoms with E-state index in [1.807, 2.05) is 86.8 Å². The zero-order chi connectivity index (χ0) is 58.7. The Balaban J connectivity index is 0.000000278. The number of anilines is 2. The average molecular weight is 1130 g/mol. The van der Waals surface area contributed by atoms with Crippen LogP contribution in [0.3, 0.4) is 0 Å². The van der Waals surface area contributed by atoms with Gasteiger partial charge in [-0.2, -0.15) is 0 Å². The third-order valence-electron chi connectivity index (χ3n) is 15.9. The molecule has 2 fully saturated rings. The van der Waals surface area contributed by atoms with E-state index in [0.29, 0.717) is 93.9 Å². The molecule has 0 radical (unpaired) electrons. The molecule has 0 atom stereocenters. The number of imide groups is 1. The number of benzene rings is 6. The van der Waals surface area contributed by atoms with Gasteiger partial charge in [0.1, 0.15) is 19.5 Å². The Labute approximate surface area is 488 Å². The van der Waals surface area contributed by atoms with Gasteiger partial charge in [-0.05, 0) is 105 Å². The lowest BCUT2D eigenvalue weighted by Gasteiger charge is -2.35. The minimum Gasteiger partial charge on any atom is -0.449 e. The van der Waals surface area contributed by atoms with Crippen molar-refractivity contribution in [1.29, 1.82) is 0 Å². The molecule has 6 aromatic carbocycles. The van der Waals surface area contributed by atoms with E-state index in [9.17, 15) is 28.8 Å². The molecule has 4 amide bonds. The first kappa shape index (κ1) is 61.5. The minimum atomic E-state index is -0.460. The molecule has 0 spiro atoms. The van der Waals surface area contributed by atoms with Crippen molar-refractivity contribution in [3.05, 3.63) is 143 Å². The van der Waals surface area contributed by atoms with Crippen molar-refractivity contribution >= 4 is 69.8 Å². The molecule has 2 aliphatic heterocycles. The number of ether oxygens (including phenoxy) is 3. The van der Waals surface area contributed by atoms with Gasteiger partial charge in [0.25, 0.3) is 11.8 Å². The van der Waals surface area contributed by atoms with Crippen LogP contribution >= 0.6 is 0 Å². The Bertz CT molecular complexity index is 3130. The highest BCUT2D eigenvalue weighted by Gasteiger charge is 2.30. The Hall–Kier alpha value is -7.58. The van der Waals surface area contributed by atoms with Gasteiger partial charge in [0, 0.05) is 142 Å². The first-order valence-corrected chi connectivity index (χ1v) is 28.9. The van der Waals surface area contributed by atoms with Crippen LogP contribution in [0, 0.1) is 6.92 Å². The van der Waals surface area contributed by atoms with Crippen LogP contribution < -0.4 is 20.4 Å². The molecule has 2 N–H and O–H groups in total. The lowest BCUT2D eigenvalue weighted by atomic mass is 9.96. The number of aryl methyl sites for hydroxylation is 1. The molecule has 440 valence electrons. The molecule has 18 heteroatoms. The van der Waals surface area contributed by atoms with Gasteiger partial charge < -0.3 is 59.0 Å². The number of piperazine rings is 2. The molecule has 0 unspecified atom stereocenters. The fourth-order valence-electron chi connectivity index (χ4n) is 11.2. The fourth-order valence-corrected chi connectivity index (χ4v) is 11.2. The summed E-state index contributed by atoms with van der Waals surface area (Å²) in [5.41, 5.74) is 9.60. The van der Waals surface area contributed by atoms with Crippen molar-refractivity contribution in [1.82, 2.24) is 35.1 Å². The Kier molecular flexibility index (Phi) is 22.7. The van der Waals surface area contributed by atoms with Crippen LogP contribution in [0.25, 0.3) is 32.7 Å². The quantitative estimate of drug-likeness (QED) is 0.0436. The van der Waals surface area contributed by atoms with Crippen molar-refractivity contribution in [2.75, 3.05) is 169 Å². The Morgan fingerprint density at radius 1 is 0.602 bits per heavy atom. The number of carbonyl (C=O) groups excluding carboxylic acids is 6. The summed E-state index contributed by atoms with van der Waals surface area (Å²) in [6, 6.07) is 36.1. The second-order valence-electron chi connectivity index (χ2n) is 21.6. The number of amides is 4. The van der Waals surface area contributed by atoms with Gasteiger partial charge in [0.15, 0.2) is 6.29 Å². The van der Waals surface area contributed by atoms with Gasteiger partial charge in [-0.15, -0.1) is 0 Å². The summed E-state index contributed by atoms with van der Waals surface area (Å²) in [5, 5.41) is 9.72.